The number of nitrogens with zero attached hydrogens (tertiary/aromatic N) is 7. The van der Waals surface area contributed by atoms with Crippen LogP contribution >= 0.6 is 0 Å². The Balaban J connectivity index is 1.71. The molecule has 2 heterocycles. The van der Waals surface area contributed by atoms with Gasteiger partial charge in [-0.25, -0.2) is 0 Å². The average molecular weight is 222 g/mol. The summed E-state index contributed by atoms with van der Waals surface area (Å²) >= 11 is 0. The Kier molecular flexibility index (Phi) is 3.20. The van der Waals surface area contributed by atoms with E-state index >= 15 is 0 Å². The molecule has 0 atom stereocenters. The third kappa shape index (κ3) is 2.60. The largest absolute Gasteiger partial charge is 0.321 e. The van der Waals surface area contributed by atoms with Gasteiger partial charge in [-0.15, -0.1) is 20.4 Å². The predicted octanol–water partition coefficient (Wildman–Crippen LogP) is -1.33. The summed E-state index contributed by atoms with van der Waals surface area (Å²) in [5, 5.41) is 22.7. The highest BCUT2D eigenvalue weighted by Crippen LogP contribution is 1.91. The van der Waals surface area contributed by atoms with Gasteiger partial charge in [0.2, 0.25) is 0 Å². The molecule has 0 radical (unpaired) electrons. The van der Waals surface area contributed by atoms with Crippen LogP contribution in [-0.4, -0.2) is 41.5 Å². The van der Waals surface area contributed by atoms with Gasteiger partial charge in [0.1, 0.15) is 12.2 Å². The van der Waals surface area contributed by atoms with E-state index in [2.05, 4.69) is 30.9 Å². The van der Waals surface area contributed by atoms with Crippen molar-refractivity contribution in [3.8, 4) is 0 Å². The normalized spacial score (nSPS) is 10.9. The van der Waals surface area contributed by atoms with Crippen molar-refractivity contribution in [1.29, 1.82) is 0 Å². The molecule has 8 heteroatoms. The van der Waals surface area contributed by atoms with E-state index in [-0.39, 0.29) is 0 Å². The number of hydrogen-bond donors (Lipinski definition) is 1. The molecule has 8 nitrogen and oxygen atoms in total. The van der Waals surface area contributed by atoms with Gasteiger partial charge < -0.3 is 9.88 Å². The van der Waals surface area contributed by atoms with E-state index < -0.39 is 0 Å². The van der Waals surface area contributed by atoms with Crippen molar-refractivity contribution in [2.24, 2.45) is 14.1 Å². The van der Waals surface area contributed by atoms with Gasteiger partial charge in [-0.1, -0.05) is 0 Å². The zero-order valence-electron chi connectivity index (χ0n) is 9.33. The first-order valence-electron chi connectivity index (χ1n) is 5.02. The third-order valence-electron chi connectivity index (χ3n) is 2.16. The van der Waals surface area contributed by atoms with Crippen LogP contribution in [0.1, 0.15) is 11.6 Å². The molecule has 0 amide bonds. The smallest absolute Gasteiger partial charge is 0.188 e. The zero-order valence-corrected chi connectivity index (χ0v) is 9.33. The molecule has 0 unspecified atom stereocenters. The second kappa shape index (κ2) is 4.79. The maximum absolute atomic E-state index is 4.06. The van der Waals surface area contributed by atoms with Crippen LogP contribution in [-0.2, 0) is 27.1 Å². The van der Waals surface area contributed by atoms with Crippen molar-refractivity contribution in [2.75, 3.05) is 6.54 Å². The van der Waals surface area contributed by atoms with Crippen LogP contribution in [0.5, 0.6) is 0 Å². The Bertz CT molecular complexity index is 444. The van der Waals surface area contributed by atoms with Crippen molar-refractivity contribution in [3.63, 3.8) is 0 Å². The first-order valence-corrected chi connectivity index (χ1v) is 5.02. The summed E-state index contributed by atoms with van der Waals surface area (Å²) in [6, 6.07) is 0. The minimum absolute atomic E-state index is 0.617. The molecule has 0 saturated carbocycles. The van der Waals surface area contributed by atoms with E-state index in [1.54, 1.807) is 13.4 Å². The van der Waals surface area contributed by atoms with Crippen molar-refractivity contribution in [3.05, 3.63) is 18.0 Å². The lowest BCUT2D eigenvalue weighted by atomic mass is 10.4. The summed E-state index contributed by atoms with van der Waals surface area (Å²) in [4.78, 5) is 1.44. The Labute approximate surface area is 92.7 Å². The van der Waals surface area contributed by atoms with Crippen LogP contribution in [0.3, 0.4) is 0 Å². The van der Waals surface area contributed by atoms with E-state index in [4.69, 9.17) is 0 Å². The van der Waals surface area contributed by atoms with Gasteiger partial charge in [-0.3, -0.25) is 0 Å². The molecule has 0 aliphatic carbocycles. The number of aryl methyl sites for hydroxylation is 2. The van der Waals surface area contributed by atoms with Gasteiger partial charge >= 0.3 is 0 Å². The van der Waals surface area contributed by atoms with E-state index in [0.29, 0.717) is 12.4 Å². The molecular formula is C8H14N8. The molecular weight excluding hydrogens is 208 g/mol. The Morgan fingerprint density at radius 1 is 1.31 bits per heavy atom. The third-order valence-corrected chi connectivity index (χ3v) is 2.16. The van der Waals surface area contributed by atoms with Crippen molar-refractivity contribution in [2.45, 2.75) is 13.0 Å². The second-order valence-corrected chi connectivity index (χ2v) is 3.48. The number of hydrogen-bond acceptors (Lipinski definition) is 6. The SMILES string of the molecule is Cn1nnc(CNCCc2nncn2C)n1. The number of rotatable bonds is 5. The van der Waals surface area contributed by atoms with Crippen molar-refractivity contribution < 1.29 is 0 Å². The molecule has 0 spiro atoms. The van der Waals surface area contributed by atoms with Gasteiger partial charge in [-0.2, -0.15) is 4.80 Å². The maximum atomic E-state index is 4.06. The lowest BCUT2D eigenvalue weighted by Crippen LogP contribution is -2.19. The maximum Gasteiger partial charge on any atom is 0.188 e. The summed E-state index contributed by atoms with van der Waals surface area (Å²) < 4.78 is 1.91. The van der Waals surface area contributed by atoms with E-state index in [0.717, 1.165) is 18.8 Å². The lowest BCUT2D eigenvalue weighted by molar-refractivity contribution is 0.614. The van der Waals surface area contributed by atoms with Crippen LogP contribution < -0.4 is 5.32 Å². The van der Waals surface area contributed by atoms with Gasteiger partial charge in [-0.05, 0) is 5.21 Å². The topological polar surface area (TPSA) is 86.3 Å². The van der Waals surface area contributed by atoms with Crippen LogP contribution in [0, 0.1) is 0 Å². The molecule has 1 N–H and O–H groups in total. The molecule has 2 aromatic heterocycles. The summed E-state index contributed by atoms with van der Waals surface area (Å²) in [7, 11) is 3.68. The van der Waals surface area contributed by atoms with E-state index in [9.17, 15) is 0 Å². The highest BCUT2D eigenvalue weighted by atomic mass is 15.6. The molecule has 2 rings (SSSR count). The predicted molar refractivity (Wildman–Crippen MR) is 55.2 cm³/mol. The fourth-order valence-corrected chi connectivity index (χ4v) is 1.33. The Morgan fingerprint density at radius 3 is 2.81 bits per heavy atom. The molecule has 0 aromatic carbocycles. The first-order chi connectivity index (χ1) is 7.75. The average Bonchev–Trinajstić information content (AvgIpc) is 2.83. The van der Waals surface area contributed by atoms with Crippen LogP contribution in [0.2, 0.25) is 0 Å². The summed E-state index contributed by atoms with van der Waals surface area (Å²) in [5.41, 5.74) is 0. The number of aromatic nitrogens is 7. The second-order valence-electron chi connectivity index (χ2n) is 3.48. The highest BCUT2D eigenvalue weighted by molar-refractivity contribution is 4.85. The molecule has 0 bridgehead atoms. The van der Waals surface area contributed by atoms with E-state index in [1.165, 1.54) is 4.80 Å². The van der Waals surface area contributed by atoms with Gasteiger partial charge in [0, 0.05) is 20.0 Å². The fraction of sp³-hybridized carbons (Fsp3) is 0.625. The van der Waals surface area contributed by atoms with Crippen molar-refractivity contribution >= 4 is 0 Å². The summed E-state index contributed by atoms with van der Waals surface area (Å²) in [6.07, 6.45) is 2.52. The van der Waals surface area contributed by atoms with Crippen LogP contribution in [0.25, 0.3) is 0 Å². The Hall–Kier alpha value is -1.83. The van der Waals surface area contributed by atoms with E-state index in [1.807, 2.05) is 11.6 Å². The molecule has 0 fully saturated rings. The molecule has 0 aliphatic heterocycles. The van der Waals surface area contributed by atoms with Gasteiger partial charge in [0.15, 0.2) is 5.82 Å². The van der Waals surface area contributed by atoms with Crippen LogP contribution in [0.15, 0.2) is 6.33 Å². The zero-order chi connectivity index (χ0) is 11.4. The standard InChI is InChI=1S/C8H14N8/c1-15-6-10-12-8(15)3-4-9-5-7-11-14-16(2)13-7/h6,9H,3-5H2,1-2H3. The summed E-state index contributed by atoms with van der Waals surface area (Å²) in [6.45, 7) is 1.43. The molecule has 2 aromatic rings. The number of nitrogens with one attached hydrogen (secondary N) is 1. The highest BCUT2D eigenvalue weighted by Gasteiger charge is 2.01. The summed E-state index contributed by atoms with van der Waals surface area (Å²) in [5.74, 6) is 1.65. The monoisotopic (exact) mass is 222 g/mol. The molecule has 16 heavy (non-hydrogen) atoms. The fourth-order valence-electron chi connectivity index (χ4n) is 1.33. The minimum atomic E-state index is 0.617. The Morgan fingerprint density at radius 2 is 2.19 bits per heavy atom. The molecule has 0 aliphatic rings. The first kappa shape index (κ1) is 10.7. The van der Waals surface area contributed by atoms with Gasteiger partial charge in [0.25, 0.3) is 0 Å². The van der Waals surface area contributed by atoms with Crippen LogP contribution in [0.4, 0.5) is 0 Å². The van der Waals surface area contributed by atoms with Crippen molar-refractivity contribution in [1.82, 2.24) is 40.3 Å². The molecule has 0 saturated heterocycles. The lowest BCUT2D eigenvalue weighted by Gasteiger charge is -2.01. The molecule has 86 valence electrons. The minimum Gasteiger partial charge on any atom is -0.321 e. The van der Waals surface area contributed by atoms with Gasteiger partial charge in [0.05, 0.1) is 13.6 Å². The quantitative estimate of drug-likeness (QED) is 0.631. The number of tetrazole rings is 1.